The molecule has 0 saturated heterocycles. The van der Waals surface area contributed by atoms with E-state index in [1.807, 2.05) is 0 Å². The number of nitrogens with zero attached hydrogens (tertiary/aromatic N) is 3. The largest absolute Gasteiger partial charge is 0.476 e. The van der Waals surface area contributed by atoms with Gasteiger partial charge in [0.15, 0.2) is 5.15 Å². The molecule has 1 aromatic heterocycles. The Kier molecular flexibility index (Phi) is 6.74. The number of aromatic nitrogens is 2. The molecule has 0 unspecified atom stereocenters. The molecule has 0 N–H and O–H groups in total. The molecule has 1 heterocycles. The van der Waals surface area contributed by atoms with E-state index in [0.717, 1.165) is 0 Å². The molecule has 0 radical (unpaired) electrons. The highest BCUT2D eigenvalue weighted by Crippen LogP contribution is 2.10. The lowest BCUT2D eigenvalue weighted by atomic mass is 10.1. The number of benzene rings is 1. The van der Waals surface area contributed by atoms with Crippen LogP contribution in [0.4, 0.5) is 0 Å². The van der Waals surface area contributed by atoms with Gasteiger partial charge in [0.25, 0.3) is 0 Å². The minimum absolute atomic E-state index is 0.205. The highest BCUT2D eigenvalue weighted by Gasteiger charge is 2.01. The first-order valence-corrected chi connectivity index (χ1v) is 7.51. The fourth-order valence-corrected chi connectivity index (χ4v) is 1.89. The molecule has 6 nitrogen and oxygen atoms in total. The monoisotopic (exact) mass is 343 g/mol. The average Bonchev–Trinajstić information content (AvgIpc) is 2.60. The zero-order chi connectivity index (χ0) is 17.2. The van der Waals surface area contributed by atoms with Crippen molar-refractivity contribution >= 4 is 23.6 Å². The number of hydrogen-bond donors (Lipinski definition) is 0. The molecular weight excluding hydrogens is 330 g/mol. The summed E-state index contributed by atoms with van der Waals surface area (Å²) in [6, 6.07) is 9.05. The Labute approximate surface area is 144 Å². The van der Waals surface area contributed by atoms with Crippen LogP contribution in [0.3, 0.4) is 0 Å². The minimum atomic E-state index is -0.481. The molecule has 2 rings (SSSR count). The number of ether oxygens (including phenoxy) is 2. The van der Waals surface area contributed by atoms with Gasteiger partial charge in [0, 0.05) is 12.5 Å². The van der Waals surface area contributed by atoms with Gasteiger partial charge in [0.05, 0.1) is 37.2 Å². The fourth-order valence-electron chi connectivity index (χ4n) is 1.75. The Morgan fingerprint density at radius 3 is 2.92 bits per heavy atom. The second-order valence-electron chi connectivity index (χ2n) is 4.58. The predicted octanol–water partition coefficient (Wildman–Crippen LogP) is 3.03. The lowest BCUT2D eigenvalue weighted by molar-refractivity contribution is -0.137. The summed E-state index contributed by atoms with van der Waals surface area (Å²) in [6.07, 6.45) is 6.21. The molecule has 24 heavy (non-hydrogen) atoms. The van der Waals surface area contributed by atoms with Gasteiger partial charge >= 0.3 is 5.97 Å². The van der Waals surface area contributed by atoms with E-state index in [-0.39, 0.29) is 11.8 Å². The summed E-state index contributed by atoms with van der Waals surface area (Å²) < 4.78 is 10.4. The number of esters is 1. The quantitative estimate of drug-likeness (QED) is 0.436. The van der Waals surface area contributed by atoms with E-state index in [1.165, 1.54) is 18.5 Å². The molecule has 2 aromatic rings. The topological polar surface area (TPSA) is 85.1 Å². The Balaban J connectivity index is 1.70. The molecule has 7 heteroatoms. The SMILES string of the molecule is N#Cc1ccccc1/C=C/C(=O)OCCCOc1cncc(Cl)n1. The highest BCUT2D eigenvalue weighted by atomic mass is 35.5. The van der Waals surface area contributed by atoms with Crippen molar-refractivity contribution in [3.05, 3.63) is 59.0 Å². The van der Waals surface area contributed by atoms with Gasteiger partial charge < -0.3 is 9.47 Å². The molecular formula is C17H14ClN3O3. The molecule has 0 aliphatic carbocycles. The molecule has 0 aliphatic heterocycles. The third-order valence-corrected chi connectivity index (χ3v) is 3.03. The third-order valence-electron chi connectivity index (χ3n) is 2.85. The third kappa shape index (κ3) is 5.71. The van der Waals surface area contributed by atoms with Crippen LogP contribution in [0.5, 0.6) is 5.88 Å². The van der Waals surface area contributed by atoms with Crippen molar-refractivity contribution in [2.45, 2.75) is 6.42 Å². The second-order valence-corrected chi connectivity index (χ2v) is 4.97. The summed E-state index contributed by atoms with van der Waals surface area (Å²) in [5.41, 5.74) is 1.16. The maximum atomic E-state index is 11.6. The van der Waals surface area contributed by atoms with Crippen molar-refractivity contribution < 1.29 is 14.3 Å². The molecule has 0 spiro atoms. The summed E-state index contributed by atoms with van der Waals surface area (Å²) in [5, 5.41) is 9.22. The van der Waals surface area contributed by atoms with E-state index in [0.29, 0.717) is 30.0 Å². The standard InChI is InChI=1S/C17H14ClN3O3/c18-15-11-20-12-16(21-15)23-8-3-9-24-17(22)7-6-13-4-1-2-5-14(13)10-19/h1-2,4-7,11-12H,3,8-9H2/b7-6+. The summed E-state index contributed by atoms with van der Waals surface area (Å²) in [6.45, 7) is 0.528. The molecule has 122 valence electrons. The normalized spacial score (nSPS) is 10.3. The van der Waals surface area contributed by atoms with E-state index < -0.39 is 5.97 Å². The zero-order valence-electron chi connectivity index (χ0n) is 12.7. The van der Waals surface area contributed by atoms with Gasteiger partial charge in [-0.05, 0) is 17.7 Å². The first-order valence-electron chi connectivity index (χ1n) is 7.13. The molecule has 0 aliphatic rings. The Morgan fingerprint density at radius 2 is 2.12 bits per heavy atom. The Hall–Kier alpha value is -2.91. The lowest BCUT2D eigenvalue weighted by Crippen LogP contribution is -2.07. The van der Waals surface area contributed by atoms with Gasteiger partial charge in [0.2, 0.25) is 5.88 Å². The van der Waals surface area contributed by atoms with E-state index in [4.69, 9.17) is 26.3 Å². The van der Waals surface area contributed by atoms with Crippen molar-refractivity contribution in [2.24, 2.45) is 0 Å². The van der Waals surface area contributed by atoms with Crippen molar-refractivity contribution in [2.75, 3.05) is 13.2 Å². The van der Waals surface area contributed by atoms with Crippen LogP contribution < -0.4 is 4.74 Å². The van der Waals surface area contributed by atoms with Crippen LogP contribution in [-0.2, 0) is 9.53 Å². The fraction of sp³-hybridized carbons (Fsp3) is 0.176. The number of rotatable bonds is 7. The maximum absolute atomic E-state index is 11.6. The van der Waals surface area contributed by atoms with Gasteiger partial charge in [0.1, 0.15) is 0 Å². The van der Waals surface area contributed by atoms with Gasteiger partial charge in [-0.3, -0.25) is 4.98 Å². The van der Waals surface area contributed by atoms with Crippen LogP contribution in [0.1, 0.15) is 17.5 Å². The molecule has 0 fully saturated rings. The highest BCUT2D eigenvalue weighted by molar-refractivity contribution is 6.29. The van der Waals surface area contributed by atoms with Crippen LogP contribution in [0.25, 0.3) is 6.08 Å². The first-order chi connectivity index (χ1) is 11.7. The number of carbonyl (C=O) groups excluding carboxylic acids is 1. The number of nitriles is 1. The average molecular weight is 344 g/mol. The number of hydrogen-bond acceptors (Lipinski definition) is 6. The number of halogens is 1. The van der Waals surface area contributed by atoms with Crippen molar-refractivity contribution in [1.82, 2.24) is 9.97 Å². The summed E-state index contributed by atoms with van der Waals surface area (Å²) in [5.74, 6) is -0.160. The molecule has 1 aromatic carbocycles. The predicted molar refractivity (Wildman–Crippen MR) is 88.3 cm³/mol. The lowest BCUT2D eigenvalue weighted by Gasteiger charge is -2.05. The van der Waals surface area contributed by atoms with Crippen LogP contribution in [0, 0.1) is 11.3 Å². The van der Waals surface area contributed by atoms with Gasteiger partial charge in [-0.1, -0.05) is 29.8 Å². The van der Waals surface area contributed by atoms with Gasteiger partial charge in [-0.25, -0.2) is 4.79 Å². The van der Waals surface area contributed by atoms with Crippen LogP contribution in [0.2, 0.25) is 5.15 Å². The number of carbonyl (C=O) groups is 1. The van der Waals surface area contributed by atoms with Crippen molar-refractivity contribution in [1.29, 1.82) is 5.26 Å². The summed E-state index contributed by atoms with van der Waals surface area (Å²) in [7, 11) is 0. The second kappa shape index (κ2) is 9.28. The first kappa shape index (κ1) is 17.4. The van der Waals surface area contributed by atoms with Crippen LogP contribution >= 0.6 is 11.6 Å². The van der Waals surface area contributed by atoms with E-state index in [2.05, 4.69) is 16.0 Å². The van der Waals surface area contributed by atoms with Crippen LogP contribution in [-0.4, -0.2) is 29.2 Å². The van der Waals surface area contributed by atoms with E-state index in [1.54, 1.807) is 30.3 Å². The van der Waals surface area contributed by atoms with Gasteiger partial charge in [-0.15, -0.1) is 0 Å². The molecule has 0 bridgehead atoms. The Bertz CT molecular complexity index is 772. The smallest absolute Gasteiger partial charge is 0.330 e. The summed E-state index contributed by atoms with van der Waals surface area (Å²) in [4.78, 5) is 19.4. The van der Waals surface area contributed by atoms with E-state index in [9.17, 15) is 4.79 Å². The molecule has 0 atom stereocenters. The maximum Gasteiger partial charge on any atom is 0.330 e. The minimum Gasteiger partial charge on any atom is -0.476 e. The van der Waals surface area contributed by atoms with Crippen molar-refractivity contribution in [3.63, 3.8) is 0 Å². The van der Waals surface area contributed by atoms with Crippen LogP contribution in [0.15, 0.2) is 42.7 Å². The molecule has 0 saturated carbocycles. The van der Waals surface area contributed by atoms with E-state index >= 15 is 0 Å². The molecule has 0 amide bonds. The van der Waals surface area contributed by atoms with Crippen molar-refractivity contribution in [3.8, 4) is 11.9 Å². The summed E-state index contributed by atoms with van der Waals surface area (Å²) >= 11 is 5.68. The van der Waals surface area contributed by atoms with Gasteiger partial charge in [-0.2, -0.15) is 10.2 Å². The Morgan fingerprint density at radius 1 is 1.29 bits per heavy atom. The zero-order valence-corrected chi connectivity index (χ0v) is 13.4.